The summed E-state index contributed by atoms with van der Waals surface area (Å²) in [5, 5.41) is 9.78. The van der Waals surface area contributed by atoms with E-state index in [0.717, 1.165) is 50.2 Å². The van der Waals surface area contributed by atoms with Gasteiger partial charge in [0.05, 0.1) is 18.3 Å². The molecule has 0 saturated carbocycles. The molecule has 3 heterocycles. The van der Waals surface area contributed by atoms with Gasteiger partial charge in [-0.1, -0.05) is 18.2 Å². The third-order valence-corrected chi connectivity index (χ3v) is 5.36. The molecule has 6 heteroatoms. The maximum absolute atomic E-state index is 12.5. The van der Waals surface area contributed by atoms with Crippen LogP contribution in [-0.2, 0) is 11.3 Å². The van der Waals surface area contributed by atoms with Gasteiger partial charge >= 0.3 is 0 Å². The fourth-order valence-electron chi connectivity index (χ4n) is 3.84. The van der Waals surface area contributed by atoms with E-state index < -0.39 is 0 Å². The zero-order valence-electron chi connectivity index (χ0n) is 14.3. The van der Waals surface area contributed by atoms with E-state index in [1.807, 2.05) is 30.3 Å². The van der Waals surface area contributed by atoms with Gasteiger partial charge in [0.25, 0.3) is 0 Å². The Morgan fingerprint density at radius 3 is 2.88 bits per heavy atom. The average molecular weight is 340 g/mol. The van der Waals surface area contributed by atoms with E-state index in [1.165, 1.54) is 0 Å². The highest BCUT2D eigenvalue weighted by atomic mass is 16.3. The molecule has 1 aromatic heterocycles. The number of piperidine rings is 1. The van der Waals surface area contributed by atoms with Crippen molar-refractivity contribution < 1.29 is 9.21 Å². The molecule has 0 aliphatic carbocycles. The topological polar surface area (TPSA) is 79.2 Å². The number of hydrogen-bond acceptors (Lipinski definition) is 5. The highest BCUT2D eigenvalue weighted by Crippen LogP contribution is 2.37. The summed E-state index contributed by atoms with van der Waals surface area (Å²) in [7, 11) is 0. The standard InChI is InChI=1S/C19H24N4O2/c24-17(16-10-19(13-22-16)6-8-20-9-7-19)21-11-15-12-25-18(23-15)14-4-2-1-3-5-14/h1-5,12,16,20,22H,6-11,13H2,(H,21,24)/t16-/m0/s1. The van der Waals surface area contributed by atoms with Crippen molar-refractivity contribution in [3.05, 3.63) is 42.3 Å². The zero-order chi connectivity index (χ0) is 17.1. The maximum Gasteiger partial charge on any atom is 0.237 e. The molecule has 0 unspecified atom stereocenters. The molecule has 2 aromatic rings. The first-order valence-corrected chi connectivity index (χ1v) is 8.96. The lowest BCUT2D eigenvalue weighted by Crippen LogP contribution is -2.40. The van der Waals surface area contributed by atoms with Crippen LogP contribution in [0.15, 0.2) is 41.0 Å². The van der Waals surface area contributed by atoms with Crippen LogP contribution in [-0.4, -0.2) is 36.6 Å². The second kappa shape index (κ2) is 6.98. The molecular weight excluding hydrogens is 316 g/mol. The molecule has 0 radical (unpaired) electrons. The highest BCUT2D eigenvalue weighted by Gasteiger charge is 2.41. The fraction of sp³-hybridized carbons (Fsp3) is 0.474. The largest absolute Gasteiger partial charge is 0.444 e. The van der Waals surface area contributed by atoms with Gasteiger partial charge in [0.15, 0.2) is 0 Å². The van der Waals surface area contributed by atoms with Crippen molar-refractivity contribution in [2.24, 2.45) is 5.41 Å². The van der Waals surface area contributed by atoms with Crippen LogP contribution >= 0.6 is 0 Å². The molecule has 2 saturated heterocycles. The van der Waals surface area contributed by atoms with Crippen molar-refractivity contribution in [1.29, 1.82) is 0 Å². The lowest BCUT2D eigenvalue weighted by Gasteiger charge is -2.33. The number of rotatable bonds is 4. The van der Waals surface area contributed by atoms with Gasteiger partial charge in [0, 0.05) is 12.1 Å². The third-order valence-electron chi connectivity index (χ3n) is 5.36. The van der Waals surface area contributed by atoms with E-state index in [9.17, 15) is 4.79 Å². The lowest BCUT2D eigenvalue weighted by molar-refractivity contribution is -0.123. The summed E-state index contributed by atoms with van der Waals surface area (Å²) < 4.78 is 5.51. The van der Waals surface area contributed by atoms with Crippen LogP contribution < -0.4 is 16.0 Å². The van der Waals surface area contributed by atoms with Crippen LogP contribution in [0, 0.1) is 5.41 Å². The quantitative estimate of drug-likeness (QED) is 0.789. The maximum atomic E-state index is 12.5. The second-order valence-corrected chi connectivity index (χ2v) is 7.12. The molecule has 6 nitrogen and oxygen atoms in total. The molecule has 1 amide bonds. The van der Waals surface area contributed by atoms with Crippen molar-refractivity contribution in [2.75, 3.05) is 19.6 Å². The molecule has 1 aromatic carbocycles. The normalized spacial score (nSPS) is 22.2. The number of oxazole rings is 1. The molecule has 2 fully saturated rings. The van der Waals surface area contributed by atoms with Crippen LogP contribution in [0.4, 0.5) is 0 Å². The molecule has 132 valence electrons. The monoisotopic (exact) mass is 340 g/mol. The molecule has 2 aliphatic rings. The summed E-state index contributed by atoms with van der Waals surface area (Å²) in [5.41, 5.74) is 1.97. The fourth-order valence-corrected chi connectivity index (χ4v) is 3.84. The van der Waals surface area contributed by atoms with Gasteiger partial charge in [-0.05, 0) is 49.9 Å². The van der Waals surface area contributed by atoms with Crippen LogP contribution in [0.5, 0.6) is 0 Å². The molecule has 3 N–H and O–H groups in total. The minimum absolute atomic E-state index is 0.0552. The third kappa shape index (κ3) is 3.60. The number of nitrogens with one attached hydrogen (secondary N) is 3. The Morgan fingerprint density at radius 2 is 2.08 bits per heavy atom. The van der Waals surface area contributed by atoms with E-state index in [0.29, 0.717) is 17.9 Å². The first-order chi connectivity index (χ1) is 12.2. The molecule has 1 spiro atoms. The number of hydrogen-bond donors (Lipinski definition) is 3. The summed E-state index contributed by atoms with van der Waals surface area (Å²) in [4.78, 5) is 16.9. The van der Waals surface area contributed by atoms with Crippen molar-refractivity contribution in [3.8, 4) is 11.5 Å². The Kier molecular flexibility index (Phi) is 4.55. The Bertz CT molecular complexity index is 722. The molecule has 1 atom stereocenters. The van der Waals surface area contributed by atoms with E-state index in [2.05, 4.69) is 20.9 Å². The summed E-state index contributed by atoms with van der Waals surface area (Å²) in [6, 6.07) is 9.66. The van der Waals surface area contributed by atoms with Gasteiger partial charge in [-0.2, -0.15) is 0 Å². The summed E-state index contributed by atoms with van der Waals surface area (Å²) in [6.45, 7) is 3.44. The van der Waals surface area contributed by atoms with Gasteiger partial charge < -0.3 is 20.4 Å². The second-order valence-electron chi connectivity index (χ2n) is 7.12. The van der Waals surface area contributed by atoms with Crippen molar-refractivity contribution in [1.82, 2.24) is 20.9 Å². The summed E-state index contributed by atoms with van der Waals surface area (Å²) >= 11 is 0. The molecule has 4 rings (SSSR count). The molecule has 2 aliphatic heterocycles. The molecule has 25 heavy (non-hydrogen) atoms. The van der Waals surface area contributed by atoms with E-state index in [1.54, 1.807) is 6.26 Å². The van der Waals surface area contributed by atoms with Crippen LogP contribution in [0.1, 0.15) is 25.0 Å². The van der Waals surface area contributed by atoms with E-state index in [-0.39, 0.29) is 11.9 Å². The Labute approximate surface area is 147 Å². The van der Waals surface area contributed by atoms with Crippen LogP contribution in [0.25, 0.3) is 11.5 Å². The number of amides is 1. The first-order valence-electron chi connectivity index (χ1n) is 8.96. The predicted octanol–water partition coefficient (Wildman–Crippen LogP) is 1.69. The van der Waals surface area contributed by atoms with Gasteiger partial charge in [-0.15, -0.1) is 0 Å². The highest BCUT2D eigenvalue weighted by molar-refractivity contribution is 5.82. The Morgan fingerprint density at radius 1 is 1.28 bits per heavy atom. The molecule has 0 bridgehead atoms. The minimum atomic E-state index is -0.0985. The van der Waals surface area contributed by atoms with Crippen LogP contribution in [0.3, 0.4) is 0 Å². The number of nitrogens with zero attached hydrogens (tertiary/aromatic N) is 1. The SMILES string of the molecule is O=C(NCc1coc(-c2ccccc2)n1)[C@@H]1CC2(CCNCC2)CN1. The van der Waals surface area contributed by atoms with Gasteiger partial charge in [-0.25, -0.2) is 4.98 Å². The van der Waals surface area contributed by atoms with Gasteiger partial charge in [0.1, 0.15) is 6.26 Å². The zero-order valence-corrected chi connectivity index (χ0v) is 14.3. The first kappa shape index (κ1) is 16.3. The predicted molar refractivity (Wildman–Crippen MR) is 94.7 cm³/mol. The summed E-state index contributed by atoms with van der Waals surface area (Å²) in [5.74, 6) is 0.636. The number of aromatic nitrogens is 1. The van der Waals surface area contributed by atoms with E-state index >= 15 is 0 Å². The number of carbonyl (C=O) groups excluding carboxylic acids is 1. The van der Waals surface area contributed by atoms with Gasteiger partial charge in [0.2, 0.25) is 11.8 Å². The van der Waals surface area contributed by atoms with Crippen molar-refractivity contribution in [3.63, 3.8) is 0 Å². The van der Waals surface area contributed by atoms with Crippen LogP contribution in [0.2, 0.25) is 0 Å². The van der Waals surface area contributed by atoms with E-state index in [4.69, 9.17) is 4.42 Å². The smallest absolute Gasteiger partial charge is 0.237 e. The molecular formula is C19H24N4O2. The Balaban J connectivity index is 1.31. The summed E-state index contributed by atoms with van der Waals surface area (Å²) in [6.07, 6.45) is 4.83. The minimum Gasteiger partial charge on any atom is -0.444 e. The Hall–Kier alpha value is -2.18. The van der Waals surface area contributed by atoms with Crippen molar-refractivity contribution >= 4 is 5.91 Å². The van der Waals surface area contributed by atoms with Crippen molar-refractivity contribution in [2.45, 2.75) is 31.8 Å². The number of benzene rings is 1. The number of carbonyl (C=O) groups is 1. The average Bonchev–Trinajstić information content (AvgIpc) is 3.29. The lowest BCUT2D eigenvalue weighted by atomic mass is 9.77. The van der Waals surface area contributed by atoms with Gasteiger partial charge in [-0.3, -0.25) is 4.79 Å².